The SMILES string of the molecule is CCCN(CCS(=O)(=O)c1ccc(Cl)cc1)Cc1nnc(-c2cccs2)o1. The monoisotopic (exact) mass is 425 g/mol. The molecule has 3 rings (SSSR count). The van der Waals surface area contributed by atoms with Crippen LogP contribution in [0.4, 0.5) is 0 Å². The van der Waals surface area contributed by atoms with E-state index >= 15 is 0 Å². The van der Waals surface area contributed by atoms with Crippen molar-refractivity contribution in [3.8, 4) is 10.8 Å². The van der Waals surface area contributed by atoms with Crippen molar-refractivity contribution in [2.24, 2.45) is 0 Å². The third-order valence-corrected chi connectivity index (χ3v) is 6.77. The van der Waals surface area contributed by atoms with Crippen LogP contribution in [-0.4, -0.2) is 42.4 Å². The van der Waals surface area contributed by atoms with Crippen LogP contribution in [0, 0.1) is 0 Å². The van der Waals surface area contributed by atoms with E-state index in [1.807, 2.05) is 29.3 Å². The smallest absolute Gasteiger partial charge is 0.257 e. The highest BCUT2D eigenvalue weighted by molar-refractivity contribution is 7.91. The third kappa shape index (κ3) is 5.38. The summed E-state index contributed by atoms with van der Waals surface area (Å²) in [5, 5.41) is 10.6. The minimum absolute atomic E-state index is 0.0144. The van der Waals surface area contributed by atoms with Gasteiger partial charge in [0.15, 0.2) is 9.84 Å². The molecule has 2 aromatic heterocycles. The quantitative estimate of drug-likeness (QED) is 0.512. The summed E-state index contributed by atoms with van der Waals surface area (Å²) in [5.41, 5.74) is 0. The Morgan fingerprint density at radius 3 is 2.59 bits per heavy atom. The summed E-state index contributed by atoms with van der Waals surface area (Å²) in [6.07, 6.45) is 0.896. The van der Waals surface area contributed by atoms with Gasteiger partial charge in [0.25, 0.3) is 5.89 Å². The van der Waals surface area contributed by atoms with Gasteiger partial charge in [-0.1, -0.05) is 24.6 Å². The predicted octanol–water partition coefficient (Wildman–Crippen LogP) is 4.14. The first-order valence-corrected chi connectivity index (χ1v) is 11.5. The van der Waals surface area contributed by atoms with Gasteiger partial charge in [-0.05, 0) is 48.7 Å². The van der Waals surface area contributed by atoms with Crippen molar-refractivity contribution < 1.29 is 12.8 Å². The summed E-state index contributed by atoms with van der Waals surface area (Å²) in [6.45, 7) is 3.59. The van der Waals surface area contributed by atoms with Crippen molar-refractivity contribution in [2.75, 3.05) is 18.8 Å². The first-order chi connectivity index (χ1) is 13.0. The van der Waals surface area contributed by atoms with Crippen LogP contribution in [0.5, 0.6) is 0 Å². The molecule has 144 valence electrons. The number of hydrogen-bond acceptors (Lipinski definition) is 7. The van der Waals surface area contributed by atoms with Crippen molar-refractivity contribution in [1.29, 1.82) is 0 Å². The molecule has 0 fully saturated rings. The molecule has 0 saturated heterocycles. The van der Waals surface area contributed by atoms with Gasteiger partial charge < -0.3 is 4.42 Å². The first-order valence-electron chi connectivity index (χ1n) is 8.55. The second-order valence-electron chi connectivity index (χ2n) is 6.03. The lowest BCUT2D eigenvalue weighted by atomic mass is 10.4. The van der Waals surface area contributed by atoms with Crippen LogP contribution in [0.15, 0.2) is 51.1 Å². The Morgan fingerprint density at radius 1 is 1.15 bits per heavy atom. The molecule has 0 bridgehead atoms. The molecule has 9 heteroatoms. The molecule has 0 saturated carbocycles. The fourth-order valence-corrected chi connectivity index (χ4v) is 4.66. The van der Waals surface area contributed by atoms with Crippen molar-refractivity contribution >= 4 is 32.8 Å². The van der Waals surface area contributed by atoms with E-state index in [4.69, 9.17) is 16.0 Å². The molecular formula is C18H20ClN3O3S2. The summed E-state index contributed by atoms with van der Waals surface area (Å²) in [7, 11) is -3.38. The maximum absolute atomic E-state index is 12.5. The van der Waals surface area contributed by atoms with Gasteiger partial charge in [0.1, 0.15) is 0 Å². The second kappa shape index (κ2) is 8.97. The Kier molecular flexibility index (Phi) is 6.64. The Labute approximate surface area is 167 Å². The highest BCUT2D eigenvalue weighted by Gasteiger charge is 2.18. The van der Waals surface area contributed by atoms with Crippen molar-refractivity contribution in [3.05, 3.63) is 52.7 Å². The van der Waals surface area contributed by atoms with Gasteiger partial charge >= 0.3 is 0 Å². The van der Waals surface area contributed by atoms with E-state index in [2.05, 4.69) is 10.2 Å². The van der Waals surface area contributed by atoms with Crippen LogP contribution < -0.4 is 0 Å². The lowest BCUT2D eigenvalue weighted by Crippen LogP contribution is -2.30. The van der Waals surface area contributed by atoms with Crippen molar-refractivity contribution in [2.45, 2.75) is 24.8 Å². The average molecular weight is 426 g/mol. The zero-order chi connectivity index (χ0) is 19.3. The molecule has 0 unspecified atom stereocenters. The van der Waals surface area contributed by atoms with E-state index in [1.165, 1.54) is 23.5 Å². The lowest BCUT2D eigenvalue weighted by molar-refractivity contribution is 0.253. The van der Waals surface area contributed by atoms with Crippen LogP contribution >= 0.6 is 22.9 Å². The maximum atomic E-state index is 12.5. The second-order valence-corrected chi connectivity index (χ2v) is 9.52. The molecule has 2 heterocycles. The normalized spacial score (nSPS) is 12.0. The molecule has 6 nitrogen and oxygen atoms in total. The molecule has 0 aliphatic carbocycles. The number of nitrogens with zero attached hydrogens (tertiary/aromatic N) is 3. The van der Waals surface area contributed by atoms with Gasteiger partial charge in [0, 0.05) is 11.6 Å². The van der Waals surface area contributed by atoms with E-state index in [0.717, 1.165) is 17.8 Å². The van der Waals surface area contributed by atoms with Gasteiger partial charge in [0.05, 0.1) is 22.1 Å². The van der Waals surface area contributed by atoms with E-state index in [-0.39, 0.29) is 10.6 Å². The first kappa shape index (κ1) is 20.0. The van der Waals surface area contributed by atoms with Crippen LogP contribution in [0.25, 0.3) is 10.8 Å². The number of rotatable bonds is 9. The number of hydrogen-bond donors (Lipinski definition) is 0. The fourth-order valence-electron chi connectivity index (χ4n) is 2.60. The van der Waals surface area contributed by atoms with E-state index in [0.29, 0.717) is 29.9 Å². The Morgan fingerprint density at radius 2 is 1.93 bits per heavy atom. The number of thiophene rings is 1. The molecule has 0 aliphatic heterocycles. The fraction of sp³-hybridized carbons (Fsp3) is 0.333. The highest BCUT2D eigenvalue weighted by atomic mass is 35.5. The molecule has 0 aliphatic rings. The Balaban J connectivity index is 1.64. The minimum atomic E-state index is -3.38. The number of benzene rings is 1. The molecule has 0 N–H and O–H groups in total. The van der Waals surface area contributed by atoms with Crippen LogP contribution in [0.3, 0.4) is 0 Å². The zero-order valence-corrected chi connectivity index (χ0v) is 17.2. The Bertz CT molecular complexity index is 954. The van der Waals surface area contributed by atoms with Gasteiger partial charge in [0.2, 0.25) is 5.89 Å². The largest absolute Gasteiger partial charge is 0.419 e. The van der Waals surface area contributed by atoms with Gasteiger partial charge in [-0.15, -0.1) is 21.5 Å². The van der Waals surface area contributed by atoms with Gasteiger partial charge in [-0.25, -0.2) is 8.42 Å². The van der Waals surface area contributed by atoms with Crippen molar-refractivity contribution in [3.63, 3.8) is 0 Å². The molecule has 0 radical (unpaired) electrons. The van der Waals surface area contributed by atoms with E-state index < -0.39 is 9.84 Å². The van der Waals surface area contributed by atoms with Crippen LogP contribution in [-0.2, 0) is 16.4 Å². The summed E-state index contributed by atoms with van der Waals surface area (Å²) >= 11 is 7.37. The number of halogens is 1. The molecule has 1 aromatic carbocycles. The van der Waals surface area contributed by atoms with Crippen LogP contribution in [0.2, 0.25) is 5.02 Å². The molecule has 0 spiro atoms. The summed E-state index contributed by atoms with van der Waals surface area (Å²) in [6, 6.07) is 10.1. The average Bonchev–Trinajstić information content (AvgIpc) is 3.32. The number of aromatic nitrogens is 2. The van der Waals surface area contributed by atoms with Crippen LogP contribution in [0.1, 0.15) is 19.2 Å². The third-order valence-electron chi connectivity index (χ3n) is 3.95. The molecule has 27 heavy (non-hydrogen) atoms. The van der Waals surface area contributed by atoms with Gasteiger partial charge in [-0.2, -0.15) is 0 Å². The topological polar surface area (TPSA) is 76.3 Å². The summed E-state index contributed by atoms with van der Waals surface area (Å²) in [5.74, 6) is 0.988. The Hall–Kier alpha value is -1.74. The van der Waals surface area contributed by atoms with E-state index in [9.17, 15) is 8.42 Å². The molecular weight excluding hydrogens is 406 g/mol. The summed E-state index contributed by atoms with van der Waals surface area (Å²) < 4.78 is 30.8. The van der Waals surface area contributed by atoms with E-state index in [1.54, 1.807) is 12.1 Å². The van der Waals surface area contributed by atoms with Crippen molar-refractivity contribution in [1.82, 2.24) is 15.1 Å². The molecule has 3 aromatic rings. The highest BCUT2D eigenvalue weighted by Crippen LogP contribution is 2.23. The maximum Gasteiger partial charge on any atom is 0.257 e. The molecule has 0 amide bonds. The van der Waals surface area contributed by atoms with Gasteiger partial charge in [-0.3, -0.25) is 4.90 Å². The standard InChI is InChI=1S/C18H20ClN3O3S2/c1-2-9-22(10-12-27(23,24)15-7-5-14(19)6-8-15)13-17-20-21-18(25-17)16-4-3-11-26-16/h3-8,11H,2,9-10,12-13H2,1H3. The number of sulfone groups is 1. The summed E-state index contributed by atoms with van der Waals surface area (Å²) in [4.78, 5) is 3.21. The minimum Gasteiger partial charge on any atom is -0.419 e. The lowest BCUT2D eigenvalue weighted by Gasteiger charge is -2.19. The predicted molar refractivity (Wildman–Crippen MR) is 107 cm³/mol. The zero-order valence-electron chi connectivity index (χ0n) is 14.8. The molecule has 0 atom stereocenters.